The Hall–Kier alpha value is -2.54. The average molecular weight is 343 g/mol. The first-order valence-electron chi connectivity index (χ1n) is 8.41. The van der Waals surface area contributed by atoms with Crippen molar-refractivity contribution in [1.82, 2.24) is 20.0 Å². The lowest BCUT2D eigenvalue weighted by atomic mass is 9.93. The van der Waals surface area contributed by atoms with E-state index in [1.54, 1.807) is 14.2 Å². The van der Waals surface area contributed by atoms with Gasteiger partial charge in [0.25, 0.3) is 5.91 Å². The molecule has 2 atom stereocenters. The van der Waals surface area contributed by atoms with Crippen LogP contribution >= 0.6 is 0 Å². The first kappa shape index (κ1) is 17.3. The molecule has 1 aromatic carbocycles. The van der Waals surface area contributed by atoms with E-state index >= 15 is 0 Å². The number of nitrogen functional groups attached to an aromatic ring is 1. The second kappa shape index (κ2) is 7.14. The Kier molecular flexibility index (Phi) is 4.94. The van der Waals surface area contributed by atoms with Gasteiger partial charge in [0.1, 0.15) is 17.1 Å². The number of carbonyl (C=O) groups excluding carboxylic acids is 1. The van der Waals surface area contributed by atoms with Crippen LogP contribution in [0.2, 0.25) is 0 Å². The average Bonchev–Trinajstić information content (AvgIpc) is 3.16. The molecule has 3 rings (SSSR count). The number of rotatable bonds is 5. The maximum absolute atomic E-state index is 12.4. The van der Waals surface area contributed by atoms with Gasteiger partial charge in [0.05, 0.1) is 13.3 Å². The SMILES string of the molecule is COc1ccc([C@H]2[C@@H](CNC(=O)c3cnn(C)c3N)CCN2C)cc1. The minimum absolute atomic E-state index is 0.173. The second-order valence-corrected chi connectivity index (χ2v) is 6.52. The third-order valence-corrected chi connectivity index (χ3v) is 4.99. The number of benzene rings is 1. The van der Waals surface area contributed by atoms with Gasteiger partial charge in [-0.25, -0.2) is 0 Å². The van der Waals surface area contributed by atoms with Gasteiger partial charge in [-0.3, -0.25) is 14.4 Å². The van der Waals surface area contributed by atoms with Crippen molar-refractivity contribution in [2.75, 3.05) is 33.0 Å². The number of nitrogens with two attached hydrogens (primary N) is 1. The molecule has 0 bridgehead atoms. The fourth-order valence-corrected chi connectivity index (χ4v) is 3.51. The van der Waals surface area contributed by atoms with Crippen LogP contribution in [0.25, 0.3) is 0 Å². The van der Waals surface area contributed by atoms with E-state index in [4.69, 9.17) is 10.5 Å². The molecule has 1 aliphatic rings. The minimum Gasteiger partial charge on any atom is -0.497 e. The maximum atomic E-state index is 12.4. The summed E-state index contributed by atoms with van der Waals surface area (Å²) in [4.78, 5) is 14.7. The van der Waals surface area contributed by atoms with Gasteiger partial charge in [-0.15, -0.1) is 0 Å². The number of methoxy groups -OCH3 is 1. The lowest BCUT2D eigenvalue weighted by Gasteiger charge is -2.26. The highest BCUT2D eigenvalue weighted by Gasteiger charge is 2.33. The number of nitrogens with zero attached hydrogens (tertiary/aromatic N) is 3. The van der Waals surface area contributed by atoms with E-state index in [0.717, 1.165) is 18.7 Å². The van der Waals surface area contributed by atoms with Crippen molar-refractivity contribution in [3.63, 3.8) is 0 Å². The van der Waals surface area contributed by atoms with Gasteiger partial charge < -0.3 is 15.8 Å². The zero-order chi connectivity index (χ0) is 18.0. The summed E-state index contributed by atoms with van der Waals surface area (Å²) in [7, 11) is 5.51. The molecule has 1 aliphatic heterocycles. The molecule has 7 heteroatoms. The molecular weight excluding hydrogens is 318 g/mol. The number of amides is 1. The number of ether oxygens (including phenoxy) is 1. The van der Waals surface area contributed by atoms with E-state index in [2.05, 4.69) is 34.5 Å². The molecule has 0 saturated carbocycles. The second-order valence-electron chi connectivity index (χ2n) is 6.52. The Morgan fingerprint density at radius 3 is 2.68 bits per heavy atom. The lowest BCUT2D eigenvalue weighted by molar-refractivity contribution is 0.0944. The Balaban J connectivity index is 1.68. The van der Waals surface area contributed by atoms with E-state index in [1.165, 1.54) is 16.4 Å². The Morgan fingerprint density at radius 2 is 2.08 bits per heavy atom. The summed E-state index contributed by atoms with van der Waals surface area (Å²) < 4.78 is 6.73. The number of aryl methyl sites for hydroxylation is 1. The van der Waals surface area contributed by atoms with Gasteiger partial charge in [-0.1, -0.05) is 12.1 Å². The van der Waals surface area contributed by atoms with E-state index in [-0.39, 0.29) is 11.9 Å². The maximum Gasteiger partial charge on any atom is 0.256 e. The van der Waals surface area contributed by atoms with Crippen LogP contribution in [0, 0.1) is 5.92 Å². The molecule has 0 spiro atoms. The van der Waals surface area contributed by atoms with Gasteiger partial charge in [-0.05, 0) is 43.6 Å². The van der Waals surface area contributed by atoms with Crippen molar-refractivity contribution in [1.29, 1.82) is 0 Å². The highest BCUT2D eigenvalue weighted by Crippen LogP contribution is 2.36. The number of hydrogen-bond acceptors (Lipinski definition) is 5. The molecule has 1 fully saturated rings. The number of carbonyl (C=O) groups is 1. The quantitative estimate of drug-likeness (QED) is 0.858. The van der Waals surface area contributed by atoms with Crippen molar-refractivity contribution < 1.29 is 9.53 Å². The van der Waals surface area contributed by atoms with Gasteiger partial charge in [0.15, 0.2) is 0 Å². The summed E-state index contributed by atoms with van der Waals surface area (Å²) in [5, 5.41) is 7.03. The fourth-order valence-electron chi connectivity index (χ4n) is 3.51. The van der Waals surface area contributed by atoms with E-state index in [9.17, 15) is 4.79 Å². The van der Waals surface area contributed by atoms with Gasteiger partial charge in [0, 0.05) is 19.6 Å². The van der Waals surface area contributed by atoms with Crippen LogP contribution in [-0.4, -0.2) is 47.8 Å². The van der Waals surface area contributed by atoms with Crippen LogP contribution < -0.4 is 15.8 Å². The fraction of sp³-hybridized carbons (Fsp3) is 0.444. The molecule has 7 nitrogen and oxygen atoms in total. The molecule has 1 amide bonds. The Labute approximate surface area is 147 Å². The lowest BCUT2D eigenvalue weighted by Crippen LogP contribution is -2.32. The van der Waals surface area contributed by atoms with Crippen molar-refractivity contribution in [3.05, 3.63) is 41.6 Å². The largest absolute Gasteiger partial charge is 0.497 e. The predicted octanol–water partition coefficient (Wildman–Crippen LogP) is 1.43. The summed E-state index contributed by atoms with van der Waals surface area (Å²) in [5.41, 5.74) is 7.54. The third kappa shape index (κ3) is 3.46. The summed E-state index contributed by atoms with van der Waals surface area (Å²) in [5.74, 6) is 1.41. The molecule has 2 aromatic rings. The molecule has 2 heterocycles. The topological polar surface area (TPSA) is 85.4 Å². The highest BCUT2D eigenvalue weighted by molar-refractivity contribution is 5.98. The molecule has 0 aliphatic carbocycles. The number of anilines is 1. The van der Waals surface area contributed by atoms with Gasteiger partial charge in [-0.2, -0.15) is 5.10 Å². The van der Waals surface area contributed by atoms with Crippen LogP contribution in [-0.2, 0) is 7.05 Å². The Bertz CT molecular complexity index is 740. The molecule has 134 valence electrons. The van der Waals surface area contributed by atoms with E-state index in [1.807, 2.05) is 12.1 Å². The van der Waals surface area contributed by atoms with Crippen molar-refractivity contribution in [2.24, 2.45) is 13.0 Å². The summed E-state index contributed by atoms with van der Waals surface area (Å²) in [6, 6.07) is 8.43. The zero-order valence-electron chi connectivity index (χ0n) is 14.9. The zero-order valence-corrected chi connectivity index (χ0v) is 14.9. The highest BCUT2D eigenvalue weighted by atomic mass is 16.5. The standard InChI is InChI=1S/C18H25N5O2/c1-22-9-8-13(16(22)12-4-6-14(25-3)7-5-12)10-20-18(24)15-11-21-23(2)17(15)19/h4-7,11,13,16H,8-10,19H2,1-3H3,(H,20,24)/t13-,16+/m1/s1. The first-order valence-corrected chi connectivity index (χ1v) is 8.41. The number of likely N-dealkylation sites (tertiary alicyclic amines) is 1. The third-order valence-electron chi connectivity index (χ3n) is 4.99. The smallest absolute Gasteiger partial charge is 0.256 e. The summed E-state index contributed by atoms with van der Waals surface area (Å²) >= 11 is 0. The molecule has 25 heavy (non-hydrogen) atoms. The molecule has 0 radical (unpaired) electrons. The van der Waals surface area contributed by atoms with Crippen LogP contribution in [0.15, 0.2) is 30.5 Å². The number of aromatic nitrogens is 2. The number of nitrogens with one attached hydrogen (secondary N) is 1. The van der Waals surface area contributed by atoms with Crippen molar-refractivity contribution >= 4 is 11.7 Å². The van der Waals surface area contributed by atoms with E-state index in [0.29, 0.717) is 23.8 Å². The van der Waals surface area contributed by atoms with Crippen LogP contribution in [0.4, 0.5) is 5.82 Å². The normalized spacial score (nSPS) is 20.6. The van der Waals surface area contributed by atoms with Gasteiger partial charge in [0.2, 0.25) is 0 Å². The van der Waals surface area contributed by atoms with E-state index < -0.39 is 0 Å². The van der Waals surface area contributed by atoms with Gasteiger partial charge >= 0.3 is 0 Å². The molecule has 3 N–H and O–H groups in total. The molecule has 1 aromatic heterocycles. The molecular formula is C18H25N5O2. The Morgan fingerprint density at radius 1 is 1.36 bits per heavy atom. The number of hydrogen-bond donors (Lipinski definition) is 2. The van der Waals surface area contributed by atoms with Crippen molar-refractivity contribution in [3.8, 4) is 5.75 Å². The van der Waals surface area contributed by atoms with Crippen molar-refractivity contribution in [2.45, 2.75) is 12.5 Å². The molecule has 1 saturated heterocycles. The first-order chi connectivity index (χ1) is 12.0. The van der Waals surface area contributed by atoms with Crippen LogP contribution in [0.1, 0.15) is 28.4 Å². The predicted molar refractivity (Wildman–Crippen MR) is 96.4 cm³/mol. The monoisotopic (exact) mass is 343 g/mol. The summed E-state index contributed by atoms with van der Waals surface area (Å²) in [6.07, 6.45) is 2.54. The molecule has 0 unspecified atom stereocenters. The van der Waals surface area contributed by atoms with Crippen LogP contribution in [0.3, 0.4) is 0 Å². The van der Waals surface area contributed by atoms with Crippen LogP contribution in [0.5, 0.6) is 5.75 Å². The summed E-state index contributed by atoms with van der Waals surface area (Å²) in [6.45, 7) is 1.61. The minimum atomic E-state index is -0.173.